The number of rotatable bonds is 7. The zero-order valence-electron chi connectivity index (χ0n) is 11.8. The van der Waals surface area contributed by atoms with Gasteiger partial charge in [-0.05, 0) is 42.9 Å². The third kappa shape index (κ3) is 4.91. The lowest BCUT2D eigenvalue weighted by Crippen LogP contribution is -2.21. The van der Waals surface area contributed by atoms with Gasteiger partial charge >= 0.3 is 0 Å². The molecule has 0 aromatic heterocycles. The maximum absolute atomic E-state index is 3.60. The second kappa shape index (κ2) is 7.50. The average molecular weight is 233 g/mol. The molecule has 1 aromatic carbocycles. The van der Waals surface area contributed by atoms with Gasteiger partial charge in [-0.2, -0.15) is 0 Å². The quantitative estimate of drug-likeness (QED) is 0.739. The zero-order valence-corrected chi connectivity index (χ0v) is 11.8. The molecular weight excluding hydrogens is 206 g/mol. The Morgan fingerprint density at radius 2 is 1.71 bits per heavy atom. The highest BCUT2D eigenvalue weighted by atomic mass is 14.9. The normalized spacial score (nSPS) is 13.0. The second-order valence-corrected chi connectivity index (χ2v) is 5.25. The maximum atomic E-state index is 3.60. The van der Waals surface area contributed by atoms with Crippen molar-refractivity contribution in [2.45, 2.75) is 53.0 Å². The Morgan fingerprint density at radius 3 is 2.18 bits per heavy atom. The first kappa shape index (κ1) is 14.2. The van der Waals surface area contributed by atoms with Crippen molar-refractivity contribution in [3.8, 4) is 0 Å². The lowest BCUT2D eigenvalue weighted by atomic mass is 9.98. The predicted octanol–water partition coefficient (Wildman–Crippen LogP) is 4.34. The molecule has 1 N–H and O–H groups in total. The first-order chi connectivity index (χ1) is 8.17. The summed E-state index contributed by atoms with van der Waals surface area (Å²) >= 11 is 0. The van der Waals surface area contributed by atoms with E-state index in [9.17, 15) is 0 Å². The summed E-state index contributed by atoms with van der Waals surface area (Å²) in [5.41, 5.74) is 2.88. The van der Waals surface area contributed by atoms with E-state index in [0.717, 1.165) is 18.9 Å². The topological polar surface area (TPSA) is 12.0 Å². The van der Waals surface area contributed by atoms with Crippen molar-refractivity contribution in [3.63, 3.8) is 0 Å². The Bertz CT molecular complexity index is 300. The van der Waals surface area contributed by atoms with Crippen LogP contribution in [0.2, 0.25) is 0 Å². The molecule has 1 heteroatoms. The van der Waals surface area contributed by atoms with E-state index < -0.39 is 0 Å². The van der Waals surface area contributed by atoms with Crippen molar-refractivity contribution in [3.05, 3.63) is 35.4 Å². The summed E-state index contributed by atoms with van der Waals surface area (Å²) < 4.78 is 0. The summed E-state index contributed by atoms with van der Waals surface area (Å²) in [7, 11) is 0. The molecule has 0 heterocycles. The largest absolute Gasteiger partial charge is 0.310 e. The predicted molar refractivity (Wildman–Crippen MR) is 76.3 cm³/mol. The molecule has 0 saturated heterocycles. The Labute approximate surface area is 107 Å². The van der Waals surface area contributed by atoms with E-state index in [-0.39, 0.29) is 0 Å². The minimum Gasteiger partial charge on any atom is -0.310 e. The van der Waals surface area contributed by atoms with Gasteiger partial charge in [-0.1, -0.05) is 52.0 Å². The molecule has 1 aromatic rings. The molecule has 0 bridgehead atoms. The van der Waals surface area contributed by atoms with Gasteiger partial charge in [0.05, 0.1) is 0 Å². The number of benzene rings is 1. The lowest BCUT2D eigenvalue weighted by molar-refractivity contribution is 0.518. The molecule has 1 atom stereocenters. The van der Waals surface area contributed by atoms with Crippen LogP contribution in [0.5, 0.6) is 0 Å². The molecule has 0 spiro atoms. The summed E-state index contributed by atoms with van der Waals surface area (Å²) in [6.07, 6.45) is 3.53. The third-order valence-corrected chi connectivity index (χ3v) is 3.08. The molecule has 0 aliphatic heterocycles. The number of hydrogen-bond acceptors (Lipinski definition) is 1. The fourth-order valence-corrected chi connectivity index (χ4v) is 2.17. The Hall–Kier alpha value is -0.820. The Kier molecular flexibility index (Phi) is 6.28. The minimum absolute atomic E-state index is 0.517. The van der Waals surface area contributed by atoms with Crippen LogP contribution in [-0.2, 0) is 6.42 Å². The molecule has 96 valence electrons. The van der Waals surface area contributed by atoms with Gasteiger partial charge in [-0.15, -0.1) is 0 Å². The van der Waals surface area contributed by atoms with Gasteiger partial charge in [0, 0.05) is 6.04 Å². The van der Waals surface area contributed by atoms with Crippen molar-refractivity contribution in [1.29, 1.82) is 0 Å². The highest BCUT2D eigenvalue weighted by molar-refractivity contribution is 5.25. The molecule has 1 unspecified atom stereocenters. The van der Waals surface area contributed by atoms with Crippen LogP contribution in [0.1, 0.15) is 57.7 Å². The summed E-state index contributed by atoms with van der Waals surface area (Å²) in [4.78, 5) is 0. The second-order valence-electron chi connectivity index (χ2n) is 5.25. The van der Waals surface area contributed by atoms with Crippen molar-refractivity contribution in [2.24, 2.45) is 5.92 Å². The van der Waals surface area contributed by atoms with Crippen LogP contribution in [0.15, 0.2) is 24.3 Å². The highest BCUT2D eigenvalue weighted by Gasteiger charge is 2.07. The molecule has 0 amide bonds. The molecule has 1 nitrogen and oxygen atoms in total. The lowest BCUT2D eigenvalue weighted by Gasteiger charge is -2.17. The van der Waals surface area contributed by atoms with Crippen LogP contribution in [-0.4, -0.2) is 6.54 Å². The summed E-state index contributed by atoms with van der Waals surface area (Å²) in [6.45, 7) is 10.1. The molecular formula is C16H27N. The van der Waals surface area contributed by atoms with Gasteiger partial charge < -0.3 is 5.32 Å². The fourth-order valence-electron chi connectivity index (χ4n) is 2.17. The summed E-state index contributed by atoms with van der Waals surface area (Å²) in [6, 6.07) is 9.66. The van der Waals surface area contributed by atoms with Crippen molar-refractivity contribution < 1.29 is 0 Å². The van der Waals surface area contributed by atoms with Crippen molar-refractivity contribution in [2.75, 3.05) is 6.54 Å². The minimum atomic E-state index is 0.517. The molecule has 0 radical (unpaired) electrons. The SMILES string of the molecule is CCCNC(CC)c1ccc(CC(C)C)cc1. The zero-order chi connectivity index (χ0) is 12.7. The highest BCUT2D eigenvalue weighted by Crippen LogP contribution is 2.18. The van der Waals surface area contributed by atoms with E-state index in [2.05, 4.69) is 57.3 Å². The molecule has 0 aliphatic carbocycles. The number of hydrogen-bond donors (Lipinski definition) is 1. The number of nitrogens with one attached hydrogen (secondary N) is 1. The monoisotopic (exact) mass is 233 g/mol. The van der Waals surface area contributed by atoms with Gasteiger partial charge in [0.15, 0.2) is 0 Å². The third-order valence-electron chi connectivity index (χ3n) is 3.08. The fraction of sp³-hybridized carbons (Fsp3) is 0.625. The summed E-state index contributed by atoms with van der Waals surface area (Å²) in [5, 5.41) is 3.60. The van der Waals surface area contributed by atoms with Crippen LogP contribution < -0.4 is 5.32 Å². The summed E-state index contributed by atoms with van der Waals surface area (Å²) in [5.74, 6) is 0.737. The molecule has 1 rings (SSSR count). The average Bonchev–Trinajstić information content (AvgIpc) is 2.31. The van der Waals surface area contributed by atoms with Crippen LogP contribution >= 0.6 is 0 Å². The standard InChI is InChI=1S/C16H27N/c1-5-11-17-16(6-2)15-9-7-14(8-10-15)12-13(3)4/h7-10,13,16-17H,5-6,11-12H2,1-4H3. The van der Waals surface area contributed by atoms with Gasteiger partial charge in [0.1, 0.15) is 0 Å². The van der Waals surface area contributed by atoms with E-state index in [1.807, 2.05) is 0 Å². The van der Waals surface area contributed by atoms with Gasteiger partial charge in [0.25, 0.3) is 0 Å². The Balaban J connectivity index is 2.64. The smallest absolute Gasteiger partial charge is 0.0317 e. The van der Waals surface area contributed by atoms with Crippen LogP contribution in [0.4, 0.5) is 0 Å². The van der Waals surface area contributed by atoms with Gasteiger partial charge in [-0.25, -0.2) is 0 Å². The molecule has 0 saturated carbocycles. The van der Waals surface area contributed by atoms with Gasteiger partial charge in [-0.3, -0.25) is 0 Å². The van der Waals surface area contributed by atoms with E-state index in [0.29, 0.717) is 6.04 Å². The van der Waals surface area contributed by atoms with E-state index in [1.165, 1.54) is 24.0 Å². The van der Waals surface area contributed by atoms with E-state index in [1.54, 1.807) is 0 Å². The van der Waals surface area contributed by atoms with Crippen LogP contribution in [0.3, 0.4) is 0 Å². The molecule has 0 fully saturated rings. The van der Waals surface area contributed by atoms with Crippen molar-refractivity contribution in [1.82, 2.24) is 5.32 Å². The molecule has 17 heavy (non-hydrogen) atoms. The van der Waals surface area contributed by atoms with Gasteiger partial charge in [0.2, 0.25) is 0 Å². The van der Waals surface area contributed by atoms with E-state index in [4.69, 9.17) is 0 Å². The van der Waals surface area contributed by atoms with Crippen LogP contribution in [0, 0.1) is 5.92 Å². The first-order valence-electron chi connectivity index (χ1n) is 6.99. The maximum Gasteiger partial charge on any atom is 0.0317 e. The first-order valence-corrected chi connectivity index (χ1v) is 6.99. The Morgan fingerprint density at radius 1 is 1.06 bits per heavy atom. The van der Waals surface area contributed by atoms with Crippen molar-refractivity contribution >= 4 is 0 Å². The van der Waals surface area contributed by atoms with Crippen LogP contribution in [0.25, 0.3) is 0 Å². The van der Waals surface area contributed by atoms with E-state index >= 15 is 0 Å². The molecule has 0 aliphatic rings.